The van der Waals surface area contributed by atoms with Crippen LogP contribution in [0, 0.1) is 0 Å². The second-order valence-electron chi connectivity index (χ2n) is 8.70. The molecule has 0 fully saturated rings. The summed E-state index contributed by atoms with van der Waals surface area (Å²) < 4.78 is 41.4. The molecular weight excluding hydrogens is 553 g/mol. The molecule has 2 rings (SSSR count). The molecule has 0 amide bonds. The number of halogens is 3. The van der Waals surface area contributed by atoms with Crippen LogP contribution in [0.4, 0.5) is 0 Å². The highest BCUT2D eigenvalue weighted by atomic mass is 35.5. The highest BCUT2D eigenvalue weighted by Crippen LogP contribution is 2.40. The van der Waals surface area contributed by atoms with Gasteiger partial charge in [-0.2, -0.15) is 0 Å². The first-order chi connectivity index (χ1) is 16.7. The van der Waals surface area contributed by atoms with Gasteiger partial charge in [-0.05, 0) is 35.4 Å². The number of aliphatic hydroxyl groups is 1. The maximum atomic E-state index is 11.3. The van der Waals surface area contributed by atoms with Crippen molar-refractivity contribution in [3.8, 4) is 11.5 Å². The smallest absolute Gasteiger partial charge is 0.303 e. The molecule has 36 heavy (non-hydrogen) atoms. The lowest BCUT2D eigenvalue weighted by Gasteiger charge is -2.27. The number of sulfonamides is 1. The van der Waals surface area contributed by atoms with E-state index in [0.29, 0.717) is 15.8 Å². The first-order valence-corrected chi connectivity index (χ1v) is 14.1. The van der Waals surface area contributed by atoms with Crippen molar-refractivity contribution in [3.05, 3.63) is 57.6 Å². The molecule has 200 valence electrons. The lowest BCUT2D eigenvalue weighted by atomic mass is 9.78. The minimum absolute atomic E-state index is 0.0298. The van der Waals surface area contributed by atoms with E-state index in [-0.39, 0.29) is 31.4 Å². The minimum Gasteiger partial charge on any atom is -0.490 e. The number of esters is 1. The van der Waals surface area contributed by atoms with E-state index in [1.54, 1.807) is 24.3 Å². The summed E-state index contributed by atoms with van der Waals surface area (Å²) in [6, 6.07) is 10.8. The van der Waals surface area contributed by atoms with Crippen LogP contribution in [0.3, 0.4) is 0 Å². The van der Waals surface area contributed by atoms with Crippen LogP contribution in [-0.2, 0) is 25.0 Å². The predicted molar refractivity (Wildman–Crippen MR) is 141 cm³/mol. The van der Waals surface area contributed by atoms with Gasteiger partial charge >= 0.3 is 5.97 Å². The van der Waals surface area contributed by atoms with Gasteiger partial charge in [0.25, 0.3) is 0 Å². The summed E-state index contributed by atoms with van der Waals surface area (Å²) in [5.41, 5.74) is 1.31. The summed E-state index contributed by atoms with van der Waals surface area (Å²) in [6.45, 7) is 5.10. The van der Waals surface area contributed by atoms with E-state index in [4.69, 9.17) is 49.0 Å². The molecule has 2 N–H and O–H groups in total. The Bertz CT molecular complexity index is 1120. The molecule has 0 aliphatic carbocycles. The number of benzene rings is 2. The van der Waals surface area contributed by atoms with E-state index in [1.165, 1.54) is 6.92 Å². The van der Waals surface area contributed by atoms with Gasteiger partial charge in [0, 0.05) is 12.3 Å². The second-order valence-corrected chi connectivity index (χ2v) is 11.7. The molecule has 12 heteroatoms. The molecule has 0 bridgehead atoms. The minimum atomic E-state index is -3.44. The van der Waals surface area contributed by atoms with Gasteiger partial charge in [0.05, 0.1) is 28.7 Å². The Balaban J connectivity index is 2.13. The third-order valence-corrected chi connectivity index (χ3v) is 6.84. The monoisotopic (exact) mass is 581 g/mol. The number of rotatable bonds is 13. The zero-order valence-corrected chi connectivity index (χ0v) is 23.5. The van der Waals surface area contributed by atoms with Gasteiger partial charge in [-0.25, -0.2) is 13.1 Å². The van der Waals surface area contributed by atoms with Crippen molar-refractivity contribution < 1.29 is 32.5 Å². The highest BCUT2D eigenvalue weighted by molar-refractivity contribution is 7.88. The topological polar surface area (TPSA) is 111 Å². The third-order valence-electron chi connectivity index (χ3n) is 5.24. The van der Waals surface area contributed by atoms with E-state index in [2.05, 4.69) is 4.72 Å². The van der Waals surface area contributed by atoms with E-state index < -0.39 is 33.6 Å². The maximum absolute atomic E-state index is 11.3. The van der Waals surface area contributed by atoms with Crippen LogP contribution >= 0.6 is 34.8 Å². The molecule has 0 saturated carbocycles. The number of carbonyl (C=O) groups excluding carboxylic acids is 1. The summed E-state index contributed by atoms with van der Waals surface area (Å²) in [5.74, 6) is 0.282. The number of ether oxygens (including phenoxy) is 3. The molecule has 2 aromatic carbocycles. The molecule has 8 nitrogen and oxygen atoms in total. The number of hydrogen-bond donors (Lipinski definition) is 2. The Morgan fingerprint density at radius 2 is 1.64 bits per heavy atom. The fourth-order valence-electron chi connectivity index (χ4n) is 3.22. The van der Waals surface area contributed by atoms with Crippen LogP contribution in [0.5, 0.6) is 11.5 Å². The summed E-state index contributed by atoms with van der Waals surface area (Å²) >= 11 is 18.4. The number of hydrogen-bond acceptors (Lipinski definition) is 7. The number of carbonyl (C=O) groups is 1. The standard InChI is InChI=1S/C24H30Cl3NO7S/c1-15(29)35-20(12-28-36(4,31)32)14-33-19-7-5-16(6-8-19)24(2,3)17-9-21(26)23(22(27)10-17)34-13-18(30)11-25/h5-10,18,20,28,30H,11-14H2,1-4H3/t18-,20+/m1/s1. The van der Waals surface area contributed by atoms with E-state index in [9.17, 15) is 18.3 Å². The van der Waals surface area contributed by atoms with E-state index in [0.717, 1.165) is 17.4 Å². The van der Waals surface area contributed by atoms with E-state index in [1.807, 2.05) is 26.0 Å². The Hall–Kier alpha value is -1.75. The molecule has 0 aliphatic rings. The molecule has 0 heterocycles. The van der Waals surface area contributed by atoms with Crippen molar-refractivity contribution in [2.24, 2.45) is 0 Å². The Kier molecular flexibility index (Phi) is 11.1. The zero-order chi connectivity index (χ0) is 27.1. The molecular formula is C24H30Cl3NO7S. The summed E-state index contributed by atoms with van der Waals surface area (Å²) in [7, 11) is -3.44. The summed E-state index contributed by atoms with van der Waals surface area (Å²) in [5, 5.41) is 10.2. The first kappa shape index (κ1) is 30.5. The Morgan fingerprint density at radius 1 is 1.06 bits per heavy atom. The summed E-state index contributed by atoms with van der Waals surface area (Å²) in [4.78, 5) is 11.3. The largest absolute Gasteiger partial charge is 0.490 e. The van der Waals surface area contributed by atoms with Crippen molar-refractivity contribution in [3.63, 3.8) is 0 Å². The van der Waals surface area contributed by atoms with Gasteiger partial charge in [-0.15, -0.1) is 11.6 Å². The second kappa shape index (κ2) is 13.2. The fourth-order valence-corrected chi connectivity index (χ4v) is 4.39. The normalized spacial score (nSPS) is 13.7. The van der Waals surface area contributed by atoms with Crippen molar-refractivity contribution in [1.82, 2.24) is 4.72 Å². The average Bonchev–Trinajstić information content (AvgIpc) is 2.79. The quantitative estimate of drug-likeness (QED) is 0.270. The van der Waals surface area contributed by atoms with Gasteiger partial charge in [-0.3, -0.25) is 4.79 Å². The van der Waals surface area contributed by atoms with Crippen LogP contribution < -0.4 is 14.2 Å². The van der Waals surface area contributed by atoms with Crippen LogP contribution in [-0.4, -0.2) is 63.6 Å². The molecule has 0 radical (unpaired) electrons. The highest BCUT2D eigenvalue weighted by Gasteiger charge is 2.26. The zero-order valence-electron chi connectivity index (χ0n) is 20.4. The Morgan fingerprint density at radius 3 is 2.14 bits per heavy atom. The predicted octanol–water partition coefficient (Wildman–Crippen LogP) is 4.16. The maximum Gasteiger partial charge on any atom is 0.303 e. The SMILES string of the molecule is CC(=O)O[C@@H](CNS(C)(=O)=O)COc1ccc(C(C)(C)c2cc(Cl)c(OC[C@H](O)CCl)c(Cl)c2)cc1. The van der Waals surface area contributed by atoms with Crippen molar-refractivity contribution in [2.75, 3.05) is 31.9 Å². The van der Waals surface area contributed by atoms with Gasteiger partial charge in [0.15, 0.2) is 5.75 Å². The number of aliphatic hydroxyl groups excluding tert-OH is 1. The van der Waals surface area contributed by atoms with Crippen LogP contribution in [0.1, 0.15) is 31.9 Å². The first-order valence-electron chi connectivity index (χ1n) is 10.9. The molecule has 0 aliphatic heterocycles. The number of nitrogens with one attached hydrogen (secondary N) is 1. The van der Waals surface area contributed by atoms with Crippen molar-refractivity contribution in [1.29, 1.82) is 0 Å². The van der Waals surface area contributed by atoms with Gasteiger partial charge in [0.2, 0.25) is 10.0 Å². The average molecular weight is 583 g/mol. The van der Waals surface area contributed by atoms with Gasteiger partial charge in [0.1, 0.15) is 31.2 Å². The Labute approximate surface area is 226 Å². The molecule has 2 aromatic rings. The lowest BCUT2D eigenvalue weighted by Crippen LogP contribution is -2.37. The van der Waals surface area contributed by atoms with Crippen LogP contribution in [0.25, 0.3) is 0 Å². The molecule has 0 saturated heterocycles. The van der Waals surface area contributed by atoms with Crippen LogP contribution in [0.15, 0.2) is 36.4 Å². The van der Waals surface area contributed by atoms with Crippen molar-refractivity contribution >= 4 is 50.8 Å². The fraction of sp³-hybridized carbons (Fsp3) is 0.458. The molecule has 0 spiro atoms. The third kappa shape index (κ3) is 9.28. The lowest BCUT2D eigenvalue weighted by molar-refractivity contribution is -0.147. The molecule has 2 atom stereocenters. The van der Waals surface area contributed by atoms with Crippen LogP contribution in [0.2, 0.25) is 10.0 Å². The number of alkyl halides is 1. The van der Waals surface area contributed by atoms with Gasteiger partial charge < -0.3 is 19.3 Å². The van der Waals surface area contributed by atoms with Gasteiger partial charge in [-0.1, -0.05) is 49.2 Å². The van der Waals surface area contributed by atoms with Crippen molar-refractivity contribution in [2.45, 2.75) is 38.4 Å². The molecule has 0 aromatic heterocycles. The molecule has 0 unspecified atom stereocenters. The summed E-state index contributed by atoms with van der Waals surface area (Å²) in [6.07, 6.45) is -0.605. The van der Waals surface area contributed by atoms with E-state index >= 15 is 0 Å².